The van der Waals surface area contributed by atoms with Gasteiger partial charge in [-0.3, -0.25) is 9.89 Å². The van der Waals surface area contributed by atoms with Crippen molar-refractivity contribution in [3.8, 4) is 0 Å². The number of nitrogens with zero attached hydrogens (tertiary/aromatic N) is 2. The zero-order valence-corrected chi connectivity index (χ0v) is 20.0. The highest BCUT2D eigenvalue weighted by Crippen LogP contribution is 2.25. The fourth-order valence-corrected chi connectivity index (χ4v) is 4.37. The number of aliphatic imine (C=N–C) groups is 1. The van der Waals surface area contributed by atoms with E-state index in [0.29, 0.717) is 19.2 Å². The molecule has 2 N–H and O–H groups in total. The molecule has 170 valence electrons. The van der Waals surface area contributed by atoms with Crippen molar-refractivity contribution in [2.45, 2.75) is 45.6 Å². The molecule has 2 heterocycles. The summed E-state index contributed by atoms with van der Waals surface area (Å²) in [7, 11) is 1.82. The lowest BCUT2D eigenvalue weighted by Crippen LogP contribution is -2.46. The van der Waals surface area contributed by atoms with Gasteiger partial charge in [-0.2, -0.15) is 0 Å². The monoisotopic (exact) mass is 444 g/mol. The summed E-state index contributed by atoms with van der Waals surface area (Å²) in [6, 6.07) is 13.2. The van der Waals surface area contributed by atoms with Gasteiger partial charge in [0.25, 0.3) is 0 Å². The van der Waals surface area contributed by atoms with Crippen LogP contribution in [-0.2, 0) is 22.6 Å². The number of morpholine rings is 1. The van der Waals surface area contributed by atoms with Crippen molar-refractivity contribution in [1.82, 2.24) is 15.5 Å². The van der Waals surface area contributed by atoms with Crippen LogP contribution >= 0.6 is 11.3 Å². The summed E-state index contributed by atoms with van der Waals surface area (Å²) in [6.07, 6.45) is 0. The standard InChI is InChI=1S/C24H36N4O2S/c1-24(2,3)30-18-20-8-5-7-19(15-20)16-26-23(25-4)27-17-21(22-9-6-14-31-22)28-10-12-29-13-11-28/h5-9,14-15,21H,10-13,16-18H2,1-4H3,(H2,25,26,27). The first kappa shape index (κ1) is 23.7. The van der Waals surface area contributed by atoms with Gasteiger partial charge in [-0.05, 0) is 43.3 Å². The second-order valence-electron chi connectivity index (χ2n) is 8.71. The van der Waals surface area contributed by atoms with Crippen molar-refractivity contribution < 1.29 is 9.47 Å². The van der Waals surface area contributed by atoms with Crippen LogP contribution in [0.4, 0.5) is 0 Å². The Morgan fingerprint density at radius 1 is 1.16 bits per heavy atom. The lowest BCUT2D eigenvalue weighted by Gasteiger charge is -2.34. The number of hydrogen-bond acceptors (Lipinski definition) is 5. The fourth-order valence-electron chi connectivity index (χ4n) is 3.51. The van der Waals surface area contributed by atoms with Gasteiger partial charge in [-0.25, -0.2) is 0 Å². The number of nitrogens with one attached hydrogen (secondary N) is 2. The Kier molecular flexibility index (Phi) is 8.90. The molecule has 0 saturated carbocycles. The summed E-state index contributed by atoms with van der Waals surface area (Å²) in [4.78, 5) is 8.29. The Hall–Kier alpha value is -1.93. The van der Waals surface area contributed by atoms with Crippen LogP contribution in [0.3, 0.4) is 0 Å². The zero-order chi connectivity index (χ0) is 22.1. The van der Waals surface area contributed by atoms with Gasteiger partial charge < -0.3 is 20.1 Å². The van der Waals surface area contributed by atoms with Crippen LogP contribution < -0.4 is 10.6 Å². The largest absolute Gasteiger partial charge is 0.379 e. The highest BCUT2D eigenvalue weighted by atomic mass is 32.1. The second-order valence-corrected chi connectivity index (χ2v) is 9.69. The number of hydrogen-bond donors (Lipinski definition) is 2. The molecule has 2 aromatic rings. The third-order valence-electron chi connectivity index (χ3n) is 5.17. The third-order valence-corrected chi connectivity index (χ3v) is 6.14. The number of ether oxygens (including phenoxy) is 2. The fraction of sp³-hybridized carbons (Fsp3) is 0.542. The molecule has 1 aliphatic heterocycles. The van der Waals surface area contributed by atoms with Crippen LogP contribution in [0.15, 0.2) is 46.8 Å². The molecule has 1 aromatic heterocycles. The lowest BCUT2D eigenvalue weighted by molar-refractivity contribution is -0.0149. The quantitative estimate of drug-likeness (QED) is 0.479. The predicted molar refractivity (Wildman–Crippen MR) is 129 cm³/mol. The summed E-state index contributed by atoms with van der Waals surface area (Å²) in [6.45, 7) is 11.9. The van der Waals surface area contributed by atoms with E-state index in [4.69, 9.17) is 9.47 Å². The van der Waals surface area contributed by atoms with Crippen LogP contribution in [0.5, 0.6) is 0 Å². The molecule has 0 radical (unpaired) electrons. The number of thiophene rings is 1. The lowest BCUT2D eigenvalue weighted by atomic mass is 10.1. The maximum absolute atomic E-state index is 5.91. The molecular formula is C24H36N4O2S. The average molecular weight is 445 g/mol. The molecule has 1 atom stereocenters. The Morgan fingerprint density at radius 3 is 2.61 bits per heavy atom. The highest BCUT2D eigenvalue weighted by Gasteiger charge is 2.23. The molecule has 0 amide bonds. The van der Waals surface area contributed by atoms with E-state index in [1.54, 1.807) is 0 Å². The minimum absolute atomic E-state index is 0.139. The average Bonchev–Trinajstić information content (AvgIpc) is 3.30. The Balaban J connectivity index is 1.54. The molecule has 3 rings (SSSR count). The molecular weight excluding hydrogens is 408 g/mol. The van der Waals surface area contributed by atoms with Crippen LogP contribution in [-0.4, -0.2) is 56.4 Å². The Morgan fingerprint density at radius 2 is 1.94 bits per heavy atom. The SMILES string of the molecule is CN=C(NCc1cccc(COC(C)(C)C)c1)NCC(c1cccs1)N1CCOCC1. The molecule has 0 aliphatic carbocycles. The van der Waals surface area contributed by atoms with Gasteiger partial charge in [0.15, 0.2) is 5.96 Å². The first-order valence-electron chi connectivity index (χ1n) is 11.0. The maximum atomic E-state index is 5.91. The minimum atomic E-state index is -0.139. The first-order chi connectivity index (χ1) is 14.9. The van der Waals surface area contributed by atoms with Gasteiger partial charge in [0.05, 0.1) is 31.5 Å². The molecule has 31 heavy (non-hydrogen) atoms. The molecule has 1 saturated heterocycles. The minimum Gasteiger partial charge on any atom is -0.379 e. The van der Waals surface area contributed by atoms with Crippen LogP contribution in [0, 0.1) is 0 Å². The molecule has 1 aromatic carbocycles. The highest BCUT2D eigenvalue weighted by molar-refractivity contribution is 7.10. The van der Waals surface area contributed by atoms with Crippen LogP contribution in [0.2, 0.25) is 0 Å². The second kappa shape index (κ2) is 11.6. The van der Waals surface area contributed by atoms with E-state index in [2.05, 4.69) is 83.1 Å². The third kappa shape index (κ3) is 7.92. The van der Waals surface area contributed by atoms with Crippen molar-refractivity contribution in [3.05, 3.63) is 57.8 Å². The molecule has 1 unspecified atom stereocenters. The summed E-state index contributed by atoms with van der Waals surface area (Å²) in [5, 5.41) is 9.12. The van der Waals surface area contributed by atoms with Crippen molar-refractivity contribution >= 4 is 17.3 Å². The van der Waals surface area contributed by atoms with Crippen molar-refractivity contribution in [1.29, 1.82) is 0 Å². The molecule has 7 heteroatoms. The van der Waals surface area contributed by atoms with E-state index >= 15 is 0 Å². The molecule has 1 aliphatic rings. The van der Waals surface area contributed by atoms with Crippen molar-refractivity contribution in [3.63, 3.8) is 0 Å². The summed E-state index contributed by atoms with van der Waals surface area (Å²) in [5.74, 6) is 0.811. The molecule has 1 fully saturated rings. The van der Waals surface area contributed by atoms with E-state index in [-0.39, 0.29) is 5.60 Å². The first-order valence-corrected chi connectivity index (χ1v) is 11.8. The van der Waals surface area contributed by atoms with Gasteiger partial charge >= 0.3 is 0 Å². The van der Waals surface area contributed by atoms with E-state index in [0.717, 1.165) is 38.8 Å². The van der Waals surface area contributed by atoms with Gasteiger partial charge in [0.1, 0.15) is 0 Å². The van der Waals surface area contributed by atoms with Crippen LogP contribution in [0.1, 0.15) is 42.8 Å². The van der Waals surface area contributed by atoms with Gasteiger partial charge in [-0.1, -0.05) is 30.3 Å². The summed E-state index contributed by atoms with van der Waals surface area (Å²) < 4.78 is 11.4. The summed E-state index contributed by atoms with van der Waals surface area (Å²) in [5.41, 5.74) is 2.25. The van der Waals surface area contributed by atoms with Crippen LogP contribution in [0.25, 0.3) is 0 Å². The van der Waals surface area contributed by atoms with E-state index < -0.39 is 0 Å². The van der Waals surface area contributed by atoms with Gasteiger partial charge in [0.2, 0.25) is 0 Å². The Labute approximate surface area is 190 Å². The number of guanidine groups is 1. The maximum Gasteiger partial charge on any atom is 0.191 e. The Bertz CT molecular complexity index is 811. The van der Waals surface area contributed by atoms with Gasteiger partial charge in [0, 0.05) is 38.1 Å². The topological polar surface area (TPSA) is 58.1 Å². The molecule has 0 spiro atoms. The van der Waals surface area contributed by atoms with Crippen molar-refractivity contribution in [2.24, 2.45) is 4.99 Å². The number of benzene rings is 1. The smallest absolute Gasteiger partial charge is 0.191 e. The summed E-state index contributed by atoms with van der Waals surface area (Å²) >= 11 is 1.81. The van der Waals surface area contributed by atoms with E-state index in [1.165, 1.54) is 16.0 Å². The van der Waals surface area contributed by atoms with E-state index in [9.17, 15) is 0 Å². The molecule has 6 nitrogen and oxygen atoms in total. The molecule has 0 bridgehead atoms. The van der Waals surface area contributed by atoms with Gasteiger partial charge in [-0.15, -0.1) is 11.3 Å². The normalized spacial score (nSPS) is 16.8. The zero-order valence-electron chi connectivity index (χ0n) is 19.2. The van der Waals surface area contributed by atoms with Crippen molar-refractivity contribution in [2.75, 3.05) is 39.9 Å². The van der Waals surface area contributed by atoms with E-state index in [1.807, 2.05) is 18.4 Å². The number of rotatable bonds is 8. The predicted octanol–water partition coefficient (Wildman–Crippen LogP) is 3.80.